The number of nitrogens with zero attached hydrogens (tertiary/aromatic N) is 2. The van der Waals surface area contributed by atoms with Crippen molar-refractivity contribution < 1.29 is 19.1 Å². The highest BCUT2D eigenvalue weighted by molar-refractivity contribution is 5.92. The van der Waals surface area contributed by atoms with Gasteiger partial charge in [-0.05, 0) is 37.8 Å². The maximum atomic E-state index is 12.4. The van der Waals surface area contributed by atoms with Crippen LogP contribution in [-0.2, 0) is 9.59 Å². The van der Waals surface area contributed by atoms with E-state index in [-0.39, 0.29) is 11.8 Å². The molecule has 0 bridgehead atoms. The molecule has 1 saturated carbocycles. The SMILES string of the molecule is CN(C(=O)C1CCC1)C1CCN(CC(=O)Nc2ccc3c(c2)OCCO3)CC1. The Labute approximate surface area is 166 Å². The first-order chi connectivity index (χ1) is 13.6. The van der Waals surface area contributed by atoms with Gasteiger partial charge in [-0.25, -0.2) is 0 Å². The van der Waals surface area contributed by atoms with Gasteiger partial charge in [-0.1, -0.05) is 6.42 Å². The van der Waals surface area contributed by atoms with E-state index in [1.54, 1.807) is 6.07 Å². The van der Waals surface area contributed by atoms with Crippen molar-refractivity contribution >= 4 is 17.5 Å². The minimum Gasteiger partial charge on any atom is -0.486 e. The molecule has 2 fully saturated rings. The number of rotatable bonds is 5. The summed E-state index contributed by atoms with van der Waals surface area (Å²) in [4.78, 5) is 29.0. The third kappa shape index (κ3) is 4.24. The molecule has 0 radical (unpaired) electrons. The van der Waals surface area contributed by atoms with Gasteiger partial charge in [0.25, 0.3) is 0 Å². The molecule has 2 aliphatic heterocycles. The predicted octanol–water partition coefficient (Wildman–Crippen LogP) is 2.12. The first-order valence-corrected chi connectivity index (χ1v) is 10.3. The van der Waals surface area contributed by atoms with Gasteiger partial charge in [0.15, 0.2) is 11.5 Å². The van der Waals surface area contributed by atoms with Gasteiger partial charge in [0.2, 0.25) is 11.8 Å². The Morgan fingerprint density at radius 3 is 2.50 bits per heavy atom. The number of anilines is 1. The topological polar surface area (TPSA) is 71.1 Å². The van der Waals surface area contributed by atoms with E-state index in [4.69, 9.17) is 9.47 Å². The number of piperidine rings is 1. The summed E-state index contributed by atoms with van der Waals surface area (Å²) in [6.07, 6.45) is 5.11. The summed E-state index contributed by atoms with van der Waals surface area (Å²) in [6.45, 7) is 3.11. The number of likely N-dealkylation sites (tertiary alicyclic amines) is 1. The van der Waals surface area contributed by atoms with Crippen LogP contribution in [0.1, 0.15) is 32.1 Å². The molecule has 1 saturated heterocycles. The molecule has 28 heavy (non-hydrogen) atoms. The first-order valence-electron chi connectivity index (χ1n) is 10.3. The highest BCUT2D eigenvalue weighted by Crippen LogP contribution is 2.32. The molecule has 1 aliphatic carbocycles. The molecule has 7 heteroatoms. The molecule has 4 rings (SSSR count). The number of amides is 2. The average molecular weight is 387 g/mol. The Morgan fingerprint density at radius 2 is 1.82 bits per heavy atom. The number of nitrogens with one attached hydrogen (secondary N) is 1. The van der Waals surface area contributed by atoms with Crippen molar-refractivity contribution in [2.24, 2.45) is 5.92 Å². The lowest BCUT2D eigenvalue weighted by Gasteiger charge is -2.39. The molecule has 1 aromatic rings. The Kier molecular flexibility index (Phi) is 5.71. The van der Waals surface area contributed by atoms with Crippen molar-refractivity contribution in [1.82, 2.24) is 9.80 Å². The molecule has 1 aromatic carbocycles. The zero-order valence-corrected chi connectivity index (χ0v) is 16.5. The van der Waals surface area contributed by atoms with Crippen LogP contribution in [0.15, 0.2) is 18.2 Å². The van der Waals surface area contributed by atoms with Gasteiger partial charge < -0.3 is 19.7 Å². The summed E-state index contributed by atoms with van der Waals surface area (Å²) in [5.41, 5.74) is 0.718. The van der Waals surface area contributed by atoms with E-state index < -0.39 is 0 Å². The molecule has 2 amide bonds. The maximum absolute atomic E-state index is 12.4. The third-order valence-corrected chi connectivity index (χ3v) is 6.10. The number of hydrogen-bond acceptors (Lipinski definition) is 5. The monoisotopic (exact) mass is 387 g/mol. The quantitative estimate of drug-likeness (QED) is 0.838. The highest BCUT2D eigenvalue weighted by Gasteiger charge is 2.32. The molecular weight excluding hydrogens is 358 g/mol. The van der Waals surface area contributed by atoms with E-state index in [1.807, 2.05) is 24.1 Å². The van der Waals surface area contributed by atoms with Crippen molar-refractivity contribution in [1.29, 1.82) is 0 Å². The Morgan fingerprint density at radius 1 is 1.11 bits per heavy atom. The lowest BCUT2D eigenvalue weighted by molar-refractivity contribution is -0.140. The molecule has 0 spiro atoms. The van der Waals surface area contributed by atoms with Gasteiger partial charge in [0, 0.05) is 43.9 Å². The van der Waals surface area contributed by atoms with Crippen molar-refractivity contribution in [3.05, 3.63) is 18.2 Å². The summed E-state index contributed by atoms with van der Waals surface area (Å²) in [5.74, 6) is 1.91. The summed E-state index contributed by atoms with van der Waals surface area (Å²) in [7, 11) is 1.94. The number of carbonyl (C=O) groups is 2. The molecule has 0 atom stereocenters. The smallest absolute Gasteiger partial charge is 0.238 e. The van der Waals surface area contributed by atoms with Gasteiger partial charge in [-0.3, -0.25) is 14.5 Å². The van der Waals surface area contributed by atoms with Gasteiger partial charge in [0.1, 0.15) is 13.2 Å². The van der Waals surface area contributed by atoms with E-state index in [0.29, 0.717) is 43.2 Å². The van der Waals surface area contributed by atoms with Gasteiger partial charge in [0.05, 0.1) is 6.54 Å². The van der Waals surface area contributed by atoms with Crippen molar-refractivity contribution in [3.63, 3.8) is 0 Å². The van der Waals surface area contributed by atoms with Gasteiger partial charge in [-0.15, -0.1) is 0 Å². The van der Waals surface area contributed by atoms with Crippen LogP contribution in [0.4, 0.5) is 5.69 Å². The summed E-state index contributed by atoms with van der Waals surface area (Å²) in [5, 5.41) is 2.94. The summed E-state index contributed by atoms with van der Waals surface area (Å²) < 4.78 is 11.1. The standard InChI is InChI=1S/C21H29N3O4/c1-23(21(26)15-3-2-4-15)17-7-9-24(10-8-17)14-20(25)22-16-5-6-18-19(13-16)28-12-11-27-18/h5-6,13,15,17H,2-4,7-12,14H2,1H3,(H,22,25). The molecular formula is C21H29N3O4. The lowest BCUT2D eigenvalue weighted by Crippen LogP contribution is -2.49. The predicted molar refractivity (Wildman–Crippen MR) is 106 cm³/mol. The Hall–Kier alpha value is -2.28. The van der Waals surface area contributed by atoms with E-state index in [9.17, 15) is 9.59 Å². The molecule has 0 aromatic heterocycles. The lowest BCUT2D eigenvalue weighted by atomic mass is 9.84. The molecule has 2 heterocycles. The molecule has 7 nitrogen and oxygen atoms in total. The molecule has 0 unspecified atom stereocenters. The number of fused-ring (bicyclic) bond motifs is 1. The van der Waals surface area contributed by atoms with Crippen molar-refractivity contribution in [2.75, 3.05) is 45.2 Å². The molecule has 1 N–H and O–H groups in total. The minimum atomic E-state index is -0.0333. The number of hydrogen-bond donors (Lipinski definition) is 1. The van der Waals surface area contributed by atoms with E-state index >= 15 is 0 Å². The largest absolute Gasteiger partial charge is 0.486 e. The number of carbonyl (C=O) groups excluding carboxylic acids is 2. The van der Waals surface area contributed by atoms with Crippen LogP contribution in [-0.4, -0.2) is 67.6 Å². The van der Waals surface area contributed by atoms with Crippen molar-refractivity contribution in [2.45, 2.75) is 38.1 Å². The fourth-order valence-corrected chi connectivity index (χ4v) is 4.11. The van der Waals surface area contributed by atoms with Crippen LogP contribution in [0.3, 0.4) is 0 Å². The first kappa shape index (κ1) is 19.1. The number of ether oxygens (including phenoxy) is 2. The second-order valence-electron chi connectivity index (χ2n) is 7.99. The maximum Gasteiger partial charge on any atom is 0.238 e. The zero-order valence-electron chi connectivity index (χ0n) is 16.5. The average Bonchev–Trinajstić information content (AvgIpc) is 2.66. The normalized spacial score (nSPS) is 20.3. The Balaban J connectivity index is 1.23. The van der Waals surface area contributed by atoms with Crippen LogP contribution < -0.4 is 14.8 Å². The van der Waals surface area contributed by atoms with E-state index in [1.165, 1.54) is 6.42 Å². The number of benzene rings is 1. The minimum absolute atomic E-state index is 0.0333. The zero-order chi connectivity index (χ0) is 19.5. The van der Waals surface area contributed by atoms with E-state index in [2.05, 4.69) is 10.2 Å². The van der Waals surface area contributed by atoms with Gasteiger partial charge in [-0.2, -0.15) is 0 Å². The molecule has 152 valence electrons. The van der Waals surface area contributed by atoms with Crippen molar-refractivity contribution in [3.8, 4) is 11.5 Å². The van der Waals surface area contributed by atoms with Crippen LogP contribution in [0.2, 0.25) is 0 Å². The van der Waals surface area contributed by atoms with Crippen LogP contribution in [0, 0.1) is 5.92 Å². The van der Waals surface area contributed by atoms with Crippen LogP contribution in [0.25, 0.3) is 0 Å². The van der Waals surface area contributed by atoms with Crippen LogP contribution in [0.5, 0.6) is 11.5 Å². The fraction of sp³-hybridized carbons (Fsp3) is 0.619. The second-order valence-corrected chi connectivity index (χ2v) is 7.99. The third-order valence-electron chi connectivity index (χ3n) is 6.10. The summed E-state index contributed by atoms with van der Waals surface area (Å²) in [6, 6.07) is 5.76. The van der Waals surface area contributed by atoms with Crippen LogP contribution >= 0.6 is 0 Å². The fourth-order valence-electron chi connectivity index (χ4n) is 4.11. The summed E-state index contributed by atoms with van der Waals surface area (Å²) >= 11 is 0. The molecule has 3 aliphatic rings. The second kappa shape index (κ2) is 8.39. The van der Waals surface area contributed by atoms with Gasteiger partial charge >= 0.3 is 0 Å². The Bertz CT molecular complexity index is 726. The van der Waals surface area contributed by atoms with E-state index in [0.717, 1.165) is 44.5 Å². The highest BCUT2D eigenvalue weighted by atomic mass is 16.6.